The van der Waals surface area contributed by atoms with E-state index in [9.17, 15) is 8.42 Å². The molecule has 2 N–H and O–H groups in total. The highest BCUT2D eigenvalue weighted by molar-refractivity contribution is 7.89. The molecule has 0 saturated carbocycles. The van der Waals surface area contributed by atoms with Crippen LogP contribution in [0.15, 0.2) is 34.2 Å². The lowest BCUT2D eigenvalue weighted by Gasteiger charge is -1.99. The molecule has 82 valence electrons. The summed E-state index contributed by atoms with van der Waals surface area (Å²) < 4.78 is 21.9. The van der Waals surface area contributed by atoms with Crippen LogP contribution in [0, 0.1) is 0 Å². The maximum absolute atomic E-state index is 11.0. The Bertz CT molecular complexity index is 461. The quantitative estimate of drug-likeness (QED) is 0.799. The number of nitrogens with two attached hydrogens (primary N) is 1. The summed E-state index contributed by atoms with van der Waals surface area (Å²) in [4.78, 5) is 4.39. The van der Waals surface area contributed by atoms with Crippen molar-refractivity contribution < 1.29 is 8.42 Å². The molecule has 0 aliphatic heterocycles. The molecule has 0 bridgehead atoms. The van der Waals surface area contributed by atoms with E-state index >= 15 is 0 Å². The minimum absolute atomic E-state index is 0.107. The Balaban J connectivity index is 3.01. The van der Waals surface area contributed by atoms with Crippen molar-refractivity contribution in [2.75, 3.05) is 0 Å². The van der Waals surface area contributed by atoms with Crippen LogP contribution in [0.25, 0.3) is 0 Å². The van der Waals surface area contributed by atoms with Crippen molar-refractivity contribution >= 4 is 21.4 Å². The molecule has 1 aromatic carbocycles. The summed E-state index contributed by atoms with van der Waals surface area (Å²) in [5, 5.41) is 4.97. The number of hydrogen-bond acceptors (Lipinski definition) is 3. The summed E-state index contributed by atoms with van der Waals surface area (Å²) in [6.07, 6.45) is 0.872. The number of nitrogens with zero attached hydrogens (tertiary/aromatic N) is 1. The van der Waals surface area contributed by atoms with Gasteiger partial charge in [-0.25, -0.2) is 13.6 Å². The summed E-state index contributed by atoms with van der Waals surface area (Å²) in [5.74, 6) is 0. The Morgan fingerprint density at radius 1 is 1.33 bits per heavy atom. The van der Waals surface area contributed by atoms with E-state index in [1.165, 1.54) is 12.1 Å². The number of hydrogen-bond donors (Lipinski definition) is 1. The van der Waals surface area contributed by atoms with Crippen LogP contribution in [0.4, 0.5) is 5.69 Å². The number of primary sulfonamides is 1. The fourth-order valence-corrected chi connectivity index (χ4v) is 1.53. The molecule has 0 fully saturated rings. The van der Waals surface area contributed by atoms with Gasteiger partial charge >= 0.3 is 0 Å². The van der Waals surface area contributed by atoms with Gasteiger partial charge in [-0.05, 0) is 37.6 Å². The summed E-state index contributed by atoms with van der Waals surface area (Å²) in [6, 6.07) is 6.19. The Labute approximate surface area is 89.9 Å². The maximum Gasteiger partial charge on any atom is 0.238 e. The first kappa shape index (κ1) is 11.9. The van der Waals surface area contributed by atoms with Crippen molar-refractivity contribution in [3.63, 3.8) is 0 Å². The third kappa shape index (κ3) is 3.45. The monoisotopic (exact) mass is 226 g/mol. The van der Waals surface area contributed by atoms with E-state index < -0.39 is 10.0 Å². The molecular formula is C10H14N2O2S. The average Bonchev–Trinajstić information content (AvgIpc) is 2.17. The molecule has 15 heavy (non-hydrogen) atoms. The fraction of sp³-hybridized carbons (Fsp3) is 0.300. The zero-order valence-electron chi connectivity index (χ0n) is 8.77. The molecule has 4 nitrogen and oxygen atoms in total. The second-order valence-corrected chi connectivity index (χ2v) is 4.80. The van der Waals surface area contributed by atoms with Gasteiger partial charge in [0.1, 0.15) is 0 Å². The minimum Gasteiger partial charge on any atom is -0.258 e. The second kappa shape index (κ2) is 4.55. The van der Waals surface area contributed by atoms with Gasteiger partial charge < -0.3 is 0 Å². The van der Waals surface area contributed by atoms with Crippen molar-refractivity contribution in [2.24, 2.45) is 10.1 Å². The maximum atomic E-state index is 11.0. The minimum atomic E-state index is -3.60. The van der Waals surface area contributed by atoms with Crippen molar-refractivity contribution in [1.82, 2.24) is 0 Å². The third-order valence-electron chi connectivity index (χ3n) is 2.00. The predicted molar refractivity (Wildman–Crippen MR) is 60.9 cm³/mol. The standard InChI is InChI=1S/C10H14N2O2S/c1-3-8(2)12-9-4-6-10(7-5-9)15(11,13)14/h4-7H,3H2,1-2H3,(H2,11,13,14). The molecule has 0 heterocycles. The Morgan fingerprint density at radius 2 is 1.87 bits per heavy atom. The topological polar surface area (TPSA) is 72.5 Å². The number of benzene rings is 1. The van der Waals surface area contributed by atoms with E-state index in [0.29, 0.717) is 0 Å². The third-order valence-corrected chi connectivity index (χ3v) is 2.93. The van der Waals surface area contributed by atoms with E-state index in [-0.39, 0.29) is 4.90 Å². The van der Waals surface area contributed by atoms with Crippen LogP contribution < -0.4 is 5.14 Å². The first-order valence-corrected chi connectivity index (χ1v) is 6.15. The largest absolute Gasteiger partial charge is 0.258 e. The van der Waals surface area contributed by atoms with E-state index in [1.807, 2.05) is 13.8 Å². The van der Waals surface area contributed by atoms with Gasteiger partial charge in [-0.1, -0.05) is 6.92 Å². The molecule has 0 atom stereocenters. The fourth-order valence-electron chi connectivity index (χ4n) is 1.01. The molecule has 5 heteroatoms. The molecule has 0 aliphatic rings. The van der Waals surface area contributed by atoms with Gasteiger partial charge in [-0.15, -0.1) is 0 Å². The van der Waals surface area contributed by atoms with Crippen LogP contribution in [0.5, 0.6) is 0 Å². The molecule has 0 radical (unpaired) electrons. The SMILES string of the molecule is CCC(C)=Nc1ccc(S(N)(=O)=O)cc1. The lowest BCUT2D eigenvalue weighted by atomic mass is 10.3. The zero-order chi connectivity index (χ0) is 11.5. The van der Waals surface area contributed by atoms with E-state index in [4.69, 9.17) is 5.14 Å². The Hall–Kier alpha value is -1.20. The van der Waals surface area contributed by atoms with E-state index in [1.54, 1.807) is 12.1 Å². The summed E-state index contributed by atoms with van der Waals surface area (Å²) in [7, 11) is -3.60. The Kier molecular flexibility index (Phi) is 3.60. The molecule has 0 aromatic heterocycles. The summed E-state index contributed by atoms with van der Waals surface area (Å²) in [6.45, 7) is 3.94. The van der Waals surface area contributed by atoms with Gasteiger partial charge in [-0.2, -0.15) is 0 Å². The smallest absolute Gasteiger partial charge is 0.238 e. The number of sulfonamides is 1. The van der Waals surface area contributed by atoms with Gasteiger partial charge in [-0.3, -0.25) is 4.99 Å². The molecular weight excluding hydrogens is 212 g/mol. The van der Waals surface area contributed by atoms with Crippen LogP contribution in [0.3, 0.4) is 0 Å². The predicted octanol–water partition coefficient (Wildman–Crippen LogP) is 1.84. The zero-order valence-corrected chi connectivity index (χ0v) is 9.58. The van der Waals surface area contributed by atoms with Crippen molar-refractivity contribution in [2.45, 2.75) is 25.2 Å². The lowest BCUT2D eigenvalue weighted by molar-refractivity contribution is 0.598. The van der Waals surface area contributed by atoms with Crippen LogP contribution >= 0.6 is 0 Å². The van der Waals surface area contributed by atoms with Gasteiger partial charge in [0.15, 0.2) is 0 Å². The molecule has 1 aromatic rings. The molecule has 0 spiro atoms. The van der Waals surface area contributed by atoms with Gasteiger partial charge in [0.25, 0.3) is 0 Å². The first-order chi connectivity index (χ1) is 6.93. The lowest BCUT2D eigenvalue weighted by Crippen LogP contribution is -2.11. The summed E-state index contributed by atoms with van der Waals surface area (Å²) >= 11 is 0. The molecule has 0 aliphatic carbocycles. The number of aliphatic imine (C=N–C) groups is 1. The highest BCUT2D eigenvalue weighted by atomic mass is 32.2. The first-order valence-electron chi connectivity index (χ1n) is 4.60. The second-order valence-electron chi connectivity index (χ2n) is 3.24. The summed E-state index contributed by atoms with van der Waals surface area (Å²) in [5.41, 5.74) is 1.74. The van der Waals surface area contributed by atoms with Crippen molar-refractivity contribution in [3.05, 3.63) is 24.3 Å². The molecule has 0 saturated heterocycles. The van der Waals surface area contributed by atoms with E-state index in [0.717, 1.165) is 17.8 Å². The van der Waals surface area contributed by atoms with Crippen molar-refractivity contribution in [1.29, 1.82) is 0 Å². The van der Waals surface area contributed by atoms with Gasteiger partial charge in [0.2, 0.25) is 10.0 Å². The van der Waals surface area contributed by atoms with Crippen LogP contribution in [0.2, 0.25) is 0 Å². The van der Waals surface area contributed by atoms with Crippen LogP contribution in [-0.4, -0.2) is 14.1 Å². The molecule has 0 unspecified atom stereocenters. The molecule has 0 amide bonds. The van der Waals surface area contributed by atoms with E-state index in [2.05, 4.69) is 4.99 Å². The van der Waals surface area contributed by atoms with Gasteiger partial charge in [0, 0.05) is 5.71 Å². The highest BCUT2D eigenvalue weighted by Crippen LogP contribution is 2.16. The highest BCUT2D eigenvalue weighted by Gasteiger charge is 2.05. The normalized spacial score (nSPS) is 12.9. The van der Waals surface area contributed by atoms with Gasteiger partial charge in [0.05, 0.1) is 10.6 Å². The van der Waals surface area contributed by atoms with Crippen molar-refractivity contribution in [3.8, 4) is 0 Å². The average molecular weight is 226 g/mol. The number of rotatable bonds is 3. The van der Waals surface area contributed by atoms with Crippen LogP contribution in [-0.2, 0) is 10.0 Å². The van der Waals surface area contributed by atoms with Crippen LogP contribution in [0.1, 0.15) is 20.3 Å². The Morgan fingerprint density at radius 3 is 2.27 bits per heavy atom. The molecule has 1 rings (SSSR count).